The minimum atomic E-state index is -4.44. The summed E-state index contributed by atoms with van der Waals surface area (Å²) in [4.78, 5) is 12.1. The molecule has 0 saturated heterocycles. The van der Waals surface area contributed by atoms with Crippen molar-refractivity contribution in [3.8, 4) is 23.2 Å². The molecule has 1 aromatic heterocycles. The Morgan fingerprint density at radius 3 is 2.57 bits per heavy atom. The second-order valence-electron chi connectivity index (χ2n) is 5.71. The van der Waals surface area contributed by atoms with E-state index >= 15 is 0 Å². The number of furan rings is 1. The van der Waals surface area contributed by atoms with Crippen molar-refractivity contribution in [2.75, 3.05) is 6.54 Å². The molecule has 7 heteroatoms. The zero-order valence-electron chi connectivity index (χ0n) is 14.3. The summed E-state index contributed by atoms with van der Waals surface area (Å²) in [5, 5.41) is 2.47. The second kappa shape index (κ2) is 8.01. The van der Waals surface area contributed by atoms with E-state index in [1.54, 1.807) is 12.1 Å². The van der Waals surface area contributed by atoms with Gasteiger partial charge in [-0.2, -0.15) is 13.2 Å². The molecule has 0 spiro atoms. The predicted molar refractivity (Wildman–Crippen MR) is 94.8 cm³/mol. The van der Waals surface area contributed by atoms with Crippen molar-refractivity contribution in [3.63, 3.8) is 0 Å². The van der Waals surface area contributed by atoms with E-state index in [1.807, 2.05) is 0 Å². The molecule has 0 saturated carbocycles. The average Bonchev–Trinajstić information content (AvgIpc) is 3.15. The van der Waals surface area contributed by atoms with Crippen LogP contribution in [0, 0.1) is 17.7 Å². The number of amides is 1. The van der Waals surface area contributed by atoms with E-state index in [9.17, 15) is 22.4 Å². The molecule has 1 N–H and O–H groups in total. The molecule has 3 rings (SSSR count). The molecule has 0 aliphatic rings. The molecule has 0 aliphatic carbocycles. The Labute approximate surface area is 158 Å². The molecule has 0 atom stereocenters. The van der Waals surface area contributed by atoms with Crippen molar-refractivity contribution in [1.29, 1.82) is 0 Å². The Kier molecular flexibility index (Phi) is 5.50. The van der Waals surface area contributed by atoms with E-state index in [4.69, 9.17) is 4.42 Å². The van der Waals surface area contributed by atoms with Crippen LogP contribution in [0.2, 0.25) is 0 Å². The first kappa shape index (κ1) is 19.2. The molecule has 28 heavy (non-hydrogen) atoms. The van der Waals surface area contributed by atoms with Gasteiger partial charge in [0.2, 0.25) is 0 Å². The van der Waals surface area contributed by atoms with Gasteiger partial charge in [0.25, 0.3) is 5.91 Å². The molecule has 3 nitrogen and oxygen atoms in total. The lowest BCUT2D eigenvalue weighted by molar-refractivity contribution is -0.137. The maximum atomic E-state index is 13.7. The van der Waals surface area contributed by atoms with E-state index < -0.39 is 23.5 Å². The molecule has 3 aromatic rings. The number of halogens is 4. The first-order valence-corrected chi connectivity index (χ1v) is 8.13. The zero-order valence-corrected chi connectivity index (χ0v) is 14.3. The molecule has 1 heterocycles. The van der Waals surface area contributed by atoms with Gasteiger partial charge in [-0.15, -0.1) is 0 Å². The lowest BCUT2D eigenvalue weighted by Crippen LogP contribution is -2.23. The fourth-order valence-corrected chi connectivity index (χ4v) is 2.40. The highest BCUT2D eigenvalue weighted by atomic mass is 19.4. The highest BCUT2D eigenvalue weighted by Gasteiger charge is 2.30. The van der Waals surface area contributed by atoms with Gasteiger partial charge in [-0.25, -0.2) is 4.39 Å². The molecule has 2 aromatic carbocycles. The van der Waals surface area contributed by atoms with Gasteiger partial charge in [0, 0.05) is 5.56 Å². The predicted octanol–water partition coefficient (Wildman–Crippen LogP) is 4.89. The number of rotatable bonds is 3. The van der Waals surface area contributed by atoms with E-state index in [0.717, 1.165) is 12.1 Å². The quantitative estimate of drug-likeness (QED) is 0.514. The Balaban J connectivity index is 1.62. The van der Waals surface area contributed by atoms with Crippen molar-refractivity contribution >= 4 is 5.91 Å². The van der Waals surface area contributed by atoms with E-state index in [1.165, 1.54) is 36.4 Å². The normalized spacial score (nSPS) is 10.9. The number of benzene rings is 2. The first-order valence-electron chi connectivity index (χ1n) is 8.13. The van der Waals surface area contributed by atoms with Crippen LogP contribution in [0.1, 0.15) is 21.7 Å². The number of carbonyl (C=O) groups is 1. The van der Waals surface area contributed by atoms with Crippen LogP contribution >= 0.6 is 0 Å². The summed E-state index contributed by atoms with van der Waals surface area (Å²) in [5.74, 6) is 4.27. The van der Waals surface area contributed by atoms with E-state index in [0.29, 0.717) is 0 Å². The first-order chi connectivity index (χ1) is 13.3. The molecule has 0 fully saturated rings. The van der Waals surface area contributed by atoms with Gasteiger partial charge in [0.1, 0.15) is 11.6 Å². The maximum Gasteiger partial charge on any atom is 0.416 e. The third kappa shape index (κ3) is 4.60. The van der Waals surface area contributed by atoms with Crippen LogP contribution in [0.5, 0.6) is 0 Å². The minimum absolute atomic E-state index is 0.0286. The van der Waals surface area contributed by atoms with E-state index in [-0.39, 0.29) is 29.2 Å². The van der Waals surface area contributed by atoms with Crippen LogP contribution in [-0.2, 0) is 6.18 Å². The van der Waals surface area contributed by atoms with Crippen molar-refractivity contribution in [3.05, 3.63) is 83.4 Å². The average molecular weight is 387 g/mol. The van der Waals surface area contributed by atoms with Crippen molar-refractivity contribution in [2.24, 2.45) is 0 Å². The molecule has 142 valence electrons. The molecular weight excluding hydrogens is 374 g/mol. The van der Waals surface area contributed by atoms with Gasteiger partial charge < -0.3 is 9.73 Å². The Bertz CT molecular complexity index is 1060. The number of hydrogen-bond donors (Lipinski definition) is 1. The number of nitrogens with one attached hydrogen (secondary N) is 1. The summed E-state index contributed by atoms with van der Waals surface area (Å²) in [6, 6.07) is 13.5. The molecule has 0 bridgehead atoms. The summed E-state index contributed by atoms with van der Waals surface area (Å²) in [5.41, 5.74) is -0.380. The highest BCUT2D eigenvalue weighted by Crippen LogP contribution is 2.29. The van der Waals surface area contributed by atoms with Crippen LogP contribution < -0.4 is 5.32 Å². The molecule has 0 radical (unpaired) electrons. The Hall–Kier alpha value is -3.53. The third-order valence-electron chi connectivity index (χ3n) is 3.73. The van der Waals surface area contributed by atoms with Gasteiger partial charge in [-0.1, -0.05) is 30.0 Å². The second-order valence-corrected chi connectivity index (χ2v) is 5.71. The van der Waals surface area contributed by atoms with Crippen LogP contribution in [-0.4, -0.2) is 12.5 Å². The van der Waals surface area contributed by atoms with Gasteiger partial charge in [-0.05, 0) is 42.5 Å². The fraction of sp³-hybridized carbons (Fsp3) is 0.0952. The monoisotopic (exact) mass is 387 g/mol. The number of hydrogen-bond acceptors (Lipinski definition) is 2. The summed E-state index contributed by atoms with van der Waals surface area (Å²) >= 11 is 0. The standard InChI is InChI=1S/C21H13F4NO2/c22-17-9-2-1-8-16(17)18-10-11-19(28-18)20(27)26-12-4-6-14-5-3-7-15(13-14)21(23,24)25/h1-3,5,7-11,13H,12H2,(H,26,27). The van der Waals surface area contributed by atoms with Gasteiger partial charge in [0.15, 0.2) is 5.76 Å². The SMILES string of the molecule is O=C(NCC#Cc1cccc(C(F)(F)F)c1)c1ccc(-c2ccccc2F)o1. The number of alkyl halides is 3. The Morgan fingerprint density at radius 1 is 1.04 bits per heavy atom. The maximum absolute atomic E-state index is 13.7. The molecule has 1 amide bonds. The molecule has 0 unspecified atom stereocenters. The van der Waals surface area contributed by atoms with Crippen LogP contribution in [0.3, 0.4) is 0 Å². The van der Waals surface area contributed by atoms with E-state index in [2.05, 4.69) is 17.2 Å². The summed E-state index contributed by atoms with van der Waals surface area (Å²) < 4.78 is 57.1. The van der Waals surface area contributed by atoms with Crippen molar-refractivity contribution in [1.82, 2.24) is 5.32 Å². The highest BCUT2D eigenvalue weighted by molar-refractivity contribution is 5.92. The van der Waals surface area contributed by atoms with Crippen molar-refractivity contribution in [2.45, 2.75) is 6.18 Å². The summed E-state index contributed by atoms with van der Waals surface area (Å²) in [6.45, 7) is -0.0925. The summed E-state index contributed by atoms with van der Waals surface area (Å²) in [6.07, 6.45) is -4.44. The van der Waals surface area contributed by atoms with Gasteiger partial charge in [0.05, 0.1) is 17.7 Å². The van der Waals surface area contributed by atoms with Gasteiger partial charge in [-0.3, -0.25) is 4.79 Å². The van der Waals surface area contributed by atoms with Crippen molar-refractivity contribution < 1.29 is 26.8 Å². The summed E-state index contributed by atoms with van der Waals surface area (Å²) in [7, 11) is 0. The molecule has 0 aliphatic heterocycles. The lowest BCUT2D eigenvalue weighted by Gasteiger charge is -2.05. The third-order valence-corrected chi connectivity index (χ3v) is 3.73. The van der Waals surface area contributed by atoms with Gasteiger partial charge >= 0.3 is 6.18 Å². The van der Waals surface area contributed by atoms with Crippen LogP contribution in [0.25, 0.3) is 11.3 Å². The number of carbonyl (C=O) groups excluding carboxylic acids is 1. The fourth-order valence-electron chi connectivity index (χ4n) is 2.40. The van der Waals surface area contributed by atoms with Crippen LogP contribution in [0.4, 0.5) is 17.6 Å². The largest absolute Gasteiger partial charge is 0.451 e. The topological polar surface area (TPSA) is 42.2 Å². The minimum Gasteiger partial charge on any atom is -0.451 e. The lowest BCUT2D eigenvalue weighted by atomic mass is 10.1. The smallest absolute Gasteiger partial charge is 0.416 e. The zero-order chi connectivity index (χ0) is 20.1. The van der Waals surface area contributed by atoms with Crippen LogP contribution in [0.15, 0.2) is 65.1 Å². The Morgan fingerprint density at radius 2 is 1.82 bits per heavy atom. The molecular formula is C21H13F4NO2.